The van der Waals surface area contributed by atoms with Crippen molar-refractivity contribution in [1.82, 2.24) is 18.8 Å². The second-order valence-corrected chi connectivity index (χ2v) is 8.76. The van der Waals surface area contributed by atoms with Crippen molar-refractivity contribution < 1.29 is 8.78 Å². The predicted octanol–water partition coefficient (Wildman–Crippen LogP) is 3.87. The minimum Gasteiger partial charge on any atom is -0.351 e. The van der Waals surface area contributed by atoms with E-state index in [-0.39, 0.29) is 17.2 Å². The molecule has 1 aliphatic carbocycles. The Balaban J connectivity index is 1.67. The molecule has 158 valence electrons. The minimum absolute atomic E-state index is 0.0233. The molecule has 3 heterocycles. The zero-order valence-electron chi connectivity index (χ0n) is 16.6. The summed E-state index contributed by atoms with van der Waals surface area (Å²) in [6, 6.07) is 1.85. The number of nitrogens with zero attached hydrogens (tertiary/aromatic N) is 4. The highest BCUT2D eigenvalue weighted by atomic mass is 32.2. The molecule has 29 heavy (non-hydrogen) atoms. The van der Waals surface area contributed by atoms with Gasteiger partial charge in [0.05, 0.1) is 0 Å². The number of hydrogen-bond acceptors (Lipinski definition) is 6. The largest absolute Gasteiger partial charge is 0.351 e. The predicted molar refractivity (Wildman–Crippen MR) is 113 cm³/mol. The van der Waals surface area contributed by atoms with Crippen LogP contribution in [0.5, 0.6) is 0 Å². The number of aromatic nitrogens is 3. The summed E-state index contributed by atoms with van der Waals surface area (Å²) in [5.41, 5.74) is 0.370. The molecular weight excluding hydrogens is 396 g/mol. The summed E-state index contributed by atoms with van der Waals surface area (Å²) in [6.45, 7) is 2.02. The molecule has 4 rings (SSSR count). The molecule has 1 aliphatic heterocycles. The number of rotatable bonds is 6. The van der Waals surface area contributed by atoms with Gasteiger partial charge in [-0.15, -0.1) is 0 Å². The van der Waals surface area contributed by atoms with Crippen molar-refractivity contribution in [3.63, 3.8) is 0 Å². The van der Waals surface area contributed by atoms with Crippen LogP contribution in [-0.4, -0.2) is 50.7 Å². The van der Waals surface area contributed by atoms with Crippen molar-refractivity contribution in [3.05, 3.63) is 28.2 Å². The number of halogens is 2. The van der Waals surface area contributed by atoms with Crippen LogP contribution in [0, 0.1) is 0 Å². The SMILES string of the molecule is CSN1CCC(Nc2ncc3cc(CC(F)F)c(=O)n(C4CCCC4)c3n2)CC1. The van der Waals surface area contributed by atoms with Gasteiger partial charge in [0.1, 0.15) is 5.65 Å². The van der Waals surface area contributed by atoms with Crippen molar-refractivity contribution >= 4 is 28.9 Å². The van der Waals surface area contributed by atoms with Crippen LogP contribution in [0.15, 0.2) is 17.1 Å². The maximum Gasteiger partial charge on any atom is 0.255 e. The Labute approximate surface area is 173 Å². The first-order valence-corrected chi connectivity index (χ1v) is 11.5. The number of anilines is 1. The molecule has 2 fully saturated rings. The summed E-state index contributed by atoms with van der Waals surface area (Å²) in [6.07, 6.45) is 6.52. The topological polar surface area (TPSA) is 63.1 Å². The van der Waals surface area contributed by atoms with Crippen molar-refractivity contribution in [2.75, 3.05) is 24.7 Å². The normalized spacial score (nSPS) is 19.4. The Morgan fingerprint density at radius 1 is 1.24 bits per heavy atom. The van der Waals surface area contributed by atoms with E-state index in [1.807, 2.05) is 0 Å². The van der Waals surface area contributed by atoms with E-state index >= 15 is 0 Å². The number of hydrogen-bond donors (Lipinski definition) is 1. The van der Waals surface area contributed by atoms with E-state index in [4.69, 9.17) is 0 Å². The Morgan fingerprint density at radius 3 is 2.62 bits per heavy atom. The molecule has 0 atom stereocenters. The molecule has 6 nitrogen and oxygen atoms in total. The third kappa shape index (κ3) is 4.55. The maximum absolute atomic E-state index is 13.0. The molecule has 1 N–H and O–H groups in total. The first kappa shape index (κ1) is 20.5. The molecule has 0 aromatic carbocycles. The van der Waals surface area contributed by atoms with Crippen LogP contribution >= 0.6 is 11.9 Å². The summed E-state index contributed by atoms with van der Waals surface area (Å²) in [5, 5.41) is 4.06. The standard InChI is InChI=1S/C20H27F2N5OS/c1-29-26-8-6-15(7-9-26)24-20-23-12-14-10-13(11-17(21)22)19(28)27(18(14)25-20)16-4-2-3-5-16/h10,12,15-17H,2-9,11H2,1H3,(H,23,24,25). The van der Waals surface area contributed by atoms with Crippen molar-refractivity contribution in [2.45, 2.75) is 63.5 Å². The Hall–Kier alpha value is -1.74. The second kappa shape index (κ2) is 8.95. The van der Waals surface area contributed by atoms with Crippen LogP contribution in [0.4, 0.5) is 14.7 Å². The molecule has 2 aliphatic rings. The smallest absolute Gasteiger partial charge is 0.255 e. The van der Waals surface area contributed by atoms with Gasteiger partial charge in [-0.1, -0.05) is 24.8 Å². The van der Waals surface area contributed by atoms with E-state index in [9.17, 15) is 13.6 Å². The van der Waals surface area contributed by atoms with Crippen LogP contribution < -0.4 is 10.9 Å². The highest BCUT2D eigenvalue weighted by Gasteiger charge is 2.24. The van der Waals surface area contributed by atoms with Crippen molar-refractivity contribution in [2.24, 2.45) is 0 Å². The lowest BCUT2D eigenvalue weighted by Gasteiger charge is -2.30. The average Bonchev–Trinajstić information content (AvgIpc) is 3.23. The Kier molecular flexibility index (Phi) is 6.34. The zero-order chi connectivity index (χ0) is 20.4. The molecule has 1 saturated carbocycles. The molecular formula is C20H27F2N5OS. The summed E-state index contributed by atoms with van der Waals surface area (Å²) in [4.78, 5) is 22.1. The van der Waals surface area contributed by atoms with Gasteiger partial charge in [0.15, 0.2) is 0 Å². The lowest BCUT2D eigenvalue weighted by molar-refractivity contribution is 0.148. The van der Waals surface area contributed by atoms with E-state index in [1.54, 1.807) is 22.7 Å². The molecule has 1 saturated heterocycles. The summed E-state index contributed by atoms with van der Waals surface area (Å²) < 4.78 is 30.0. The summed E-state index contributed by atoms with van der Waals surface area (Å²) in [5.74, 6) is 0.507. The number of piperidine rings is 1. The van der Waals surface area contributed by atoms with Crippen LogP contribution in [0.25, 0.3) is 11.0 Å². The molecule has 2 aromatic heterocycles. The third-order valence-electron chi connectivity index (χ3n) is 5.96. The van der Waals surface area contributed by atoms with Gasteiger partial charge in [-0.2, -0.15) is 4.98 Å². The first-order chi connectivity index (χ1) is 14.0. The molecule has 0 bridgehead atoms. The number of pyridine rings is 1. The van der Waals surface area contributed by atoms with Crippen molar-refractivity contribution in [1.29, 1.82) is 0 Å². The summed E-state index contributed by atoms with van der Waals surface area (Å²) in [7, 11) is 0. The molecule has 0 unspecified atom stereocenters. The molecule has 9 heteroatoms. The average molecular weight is 424 g/mol. The number of nitrogens with one attached hydrogen (secondary N) is 1. The lowest BCUT2D eigenvalue weighted by Crippen LogP contribution is -2.36. The summed E-state index contributed by atoms with van der Waals surface area (Å²) >= 11 is 1.76. The van der Waals surface area contributed by atoms with Crippen LogP contribution in [0.2, 0.25) is 0 Å². The van der Waals surface area contributed by atoms with Gasteiger partial charge in [0, 0.05) is 48.7 Å². The Bertz CT molecular complexity index is 908. The molecule has 0 amide bonds. The highest BCUT2D eigenvalue weighted by Crippen LogP contribution is 2.31. The molecule has 0 spiro atoms. The van der Waals surface area contributed by atoms with Crippen molar-refractivity contribution in [3.8, 4) is 0 Å². The van der Waals surface area contributed by atoms with Gasteiger partial charge in [0.25, 0.3) is 5.56 Å². The molecule has 2 aromatic rings. The zero-order valence-corrected chi connectivity index (χ0v) is 17.4. The molecule has 0 radical (unpaired) electrons. The maximum atomic E-state index is 13.0. The van der Waals surface area contributed by atoms with Gasteiger partial charge in [-0.3, -0.25) is 13.7 Å². The van der Waals surface area contributed by atoms with Gasteiger partial charge in [-0.25, -0.2) is 13.8 Å². The third-order valence-corrected chi connectivity index (χ3v) is 6.84. The van der Waals surface area contributed by atoms with E-state index in [0.717, 1.165) is 51.6 Å². The van der Waals surface area contributed by atoms with E-state index in [2.05, 4.69) is 25.8 Å². The van der Waals surface area contributed by atoms with Crippen LogP contribution in [0.1, 0.15) is 50.1 Å². The number of alkyl halides is 2. The monoisotopic (exact) mass is 423 g/mol. The van der Waals surface area contributed by atoms with Crippen LogP contribution in [-0.2, 0) is 6.42 Å². The number of fused-ring (bicyclic) bond motifs is 1. The highest BCUT2D eigenvalue weighted by molar-refractivity contribution is 7.96. The second-order valence-electron chi connectivity index (χ2n) is 7.88. The van der Waals surface area contributed by atoms with Gasteiger partial charge in [-0.05, 0) is 38.0 Å². The minimum atomic E-state index is -2.55. The lowest BCUT2D eigenvalue weighted by atomic mass is 10.1. The van der Waals surface area contributed by atoms with Gasteiger partial charge in [0.2, 0.25) is 12.4 Å². The van der Waals surface area contributed by atoms with Gasteiger partial charge < -0.3 is 5.32 Å². The quantitative estimate of drug-likeness (QED) is 0.712. The fourth-order valence-corrected chi connectivity index (χ4v) is 5.00. The van der Waals surface area contributed by atoms with Crippen LogP contribution in [0.3, 0.4) is 0 Å². The first-order valence-electron chi connectivity index (χ1n) is 10.3. The van der Waals surface area contributed by atoms with E-state index in [0.29, 0.717) is 23.0 Å². The fraction of sp³-hybridized carbons (Fsp3) is 0.650. The fourth-order valence-electron chi connectivity index (χ4n) is 4.43. The van der Waals surface area contributed by atoms with E-state index < -0.39 is 12.8 Å². The Morgan fingerprint density at radius 2 is 1.97 bits per heavy atom. The van der Waals surface area contributed by atoms with Gasteiger partial charge >= 0.3 is 0 Å². The van der Waals surface area contributed by atoms with E-state index in [1.165, 1.54) is 6.07 Å².